The normalized spacial score (nSPS) is 33.6. The molecule has 0 aliphatic carbocycles. The standard InChI is InChI=1S/C17H24O6/c1-17(2)22-14-13(21-16(19-3)15(14)23-17)12(18)10-20-9-11-7-5-4-6-8-11/h4-8,12-16,18H,9-10H2,1-3H3/t12-,13-,14-,15-,16-/m1/s1. The number of hydrogen-bond donors (Lipinski definition) is 1. The fraction of sp³-hybridized carbons (Fsp3) is 0.647. The first-order chi connectivity index (χ1) is 11.0. The van der Waals surface area contributed by atoms with E-state index in [2.05, 4.69) is 0 Å². The van der Waals surface area contributed by atoms with Crippen LogP contribution >= 0.6 is 0 Å². The van der Waals surface area contributed by atoms with Gasteiger partial charge in [0.15, 0.2) is 12.1 Å². The monoisotopic (exact) mass is 324 g/mol. The van der Waals surface area contributed by atoms with Gasteiger partial charge in [-0.25, -0.2) is 0 Å². The molecule has 2 heterocycles. The predicted octanol–water partition coefficient (Wildman–Crippen LogP) is 1.46. The van der Waals surface area contributed by atoms with E-state index in [0.717, 1.165) is 5.56 Å². The molecule has 2 aliphatic heterocycles. The fourth-order valence-corrected chi connectivity index (χ4v) is 3.06. The predicted molar refractivity (Wildman–Crippen MR) is 81.6 cm³/mol. The lowest BCUT2D eigenvalue weighted by molar-refractivity contribution is -0.239. The minimum atomic E-state index is -0.816. The average molecular weight is 324 g/mol. The third-order valence-electron chi connectivity index (χ3n) is 4.06. The van der Waals surface area contributed by atoms with Crippen molar-refractivity contribution >= 4 is 0 Å². The molecule has 0 spiro atoms. The van der Waals surface area contributed by atoms with Crippen LogP contribution in [0.1, 0.15) is 19.4 Å². The van der Waals surface area contributed by atoms with Gasteiger partial charge in [0, 0.05) is 7.11 Å². The Morgan fingerprint density at radius 1 is 1.17 bits per heavy atom. The van der Waals surface area contributed by atoms with E-state index >= 15 is 0 Å². The molecule has 1 aromatic rings. The second kappa shape index (κ2) is 6.84. The Balaban J connectivity index is 1.55. The molecule has 0 aromatic heterocycles. The summed E-state index contributed by atoms with van der Waals surface area (Å²) in [5.41, 5.74) is 1.06. The molecule has 0 amide bonds. The molecular weight excluding hydrogens is 300 g/mol. The van der Waals surface area contributed by atoms with Crippen LogP contribution in [-0.2, 0) is 30.3 Å². The summed E-state index contributed by atoms with van der Waals surface area (Å²) in [5, 5.41) is 10.4. The van der Waals surface area contributed by atoms with E-state index in [4.69, 9.17) is 23.7 Å². The van der Waals surface area contributed by atoms with Gasteiger partial charge in [-0.1, -0.05) is 30.3 Å². The molecule has 2 saturated heterocycles. The zero-order valence-electron chi connectivity index (χ0n) is 13.7. The molecule has 1 aromatic carbocycles. The van der Waals surface area contributed by atoms with Crippen LogP contribution in [0.3, 0.4) is 0 Å². The van der Waals surface area contributed by atoms with Crippen LogP contribution in [0.25, 0.3) is 0 Å². The molecule has 3 rings (SSSR count). The fourth-order valence-electron chi connectivity index (χ4n) is 3.06. The highest BCUT2D eigenvalue weighted by Gasteiger charge is 2.57. The van der Waals surface area contributed by atoms with E-state index in [1.165, 1.54) is 0 Å². The van der Waals surface area contributed by atoms with Crippen molar-refractivity contribution in [3.8, 4) is 0 Å². The summed E-state index contributed by atoms with van der Waals surface area (Å²) in [6.07, 6.45) is -2.61. The Labute approximate surface area is 136 Å². The van der Waals surface area contributed by atoms with Crippen molar-refractivity contribution in [1.29, 1.82) is 0 Å². The van der Waals surface area contributed by atoms with Crippen molar-refractivity contribution in [3.63, 3.8) is 0 Å². The number of fused-ring (bicyclic) bond motifs is 1. The maximum atomic E-state index is 10.4. The van der Waals surface area contributed by atoms with Gasteiger partial charge < -0.3 is 28.8 Å². The van der Waals surface area contributed by atoms with Crippen LogP contribution in [0.4, 0.5) is 0 Å². The molecule has 23 heavy (non-hydrogen) atoms. The summed E-state index contributed by atoms with van der Waals surface area (Å²) < 4.78 is 28.3. The van der Waals surface area contributed by atoms with E-state index in [0.29, 0.717) is 6.61 Å². The highest BCUT2D eigenvalue weighted by atomic mass is 16.8. The van der Waals surface area contributed by atoms with Gasteiger partial charge in [0.05, 0.1) is 13.2 Å². The van der Waals surface area contributed by atoms with Gasteiger partial charge >= 0.3 is 0 Å². The van der Waals surface area contributed by atoms with Crippen LogP contribution in [0.2, 0.25) is 0 Å². The third kappa shape index (κ3) is 3.74. The van der Waals surface area contributed by atoms with Crippen LogP contribution in [0.15, 0.2) is 30.3 Å². The molecule has 0 unspecified atom stereocenters. The van der Waals surface area contributed by atoms with Gasteiger partial charge in [0.1, 0.15) is 24.4 Å². The van der Waals surface area contributed by atoms with Crippen molar-refractivity contribution in [3.05, 3.63) is 35.9 Å². The lowest BCUT2D eigenvalue weighted by atomic mass is 10.1. The Bertz CT molecular complexity index is 505. The van der Waals surface area contributed by atoms with Gasteiger partial charge in [-0.05, 0) is 19.4 Å². The zero-order chi connectivity index (χ0) is 16.4. The van der Waals surface area contributed by atoms with Crippen molar-refractivity contribution < 1.29 is 28.8 Å². The smallest absolute Gasteiger partial charge is 0.186 e. The Morgan fingerprint density at radius 2 is 1.87 bits per heavy atom. The van der Waals surface area contributed by atoms with Crippen LogP contribution in [-0.4, -0.2) is 55.3 Å². The molecule has 0 saturated carbocycles. The zero-order valence-corrected chi connectivity index (χ0v) is 13.7. The van der Waals surface area contributed by atoms with Gasteiger partial charge in [-0.15, -0.1) is 0 Å². The summed E-state index contributed by atoms with van der Waals surface area (Å²) in [5.74, 6) is -0.710. The number of aliphatic hydroxyl groups excluding tert-OH is 1. The number of hydrogen-bond acceptors (Lipinski definition) is 6. The van der Waals surface area contributed by atoms with Crippen molar-refractivity contribution in [1.82, 2.24) is 0 Å². The summed E-state index contributed by atoms with van der Waals surface area (Å²) in [6, 6.07) is 9.82. The minimum Gasteiger partial charge on any atom is -0.388 e. The highest BCUT2D eigenvalue weighted by molar-refractivity contribution is 5.13. The Hall–Kier alpha value is -1.02. The van der Waals surface area contributed by atoms with Gasteiger partial charge in [-0.3, -0.25) is 0 Å². The number of benzene rings is 1. The molecule has 0 radical (unpaired) electrons. The molecule has 2 aliphatic rings. The quantitative estimate of drug-likeness (QED) is 0.854. The summed E-state index contributed by atoms with van der Waals surface area (Å²) in [7, 11) is 1.55. The Morgan fingerprint density at radius 3 is 2.57 bits per heavy atom. The van der Waals surface area contributed by atoms with Crippen LogP contribution < -0.4 is 0 Å². The number of aliphatic hydroxyl groups is 1. The molecule has 0 bridgehead atoms. The number of rotatable bonds is 6. The van der Waals surface area contributed by atoms with Crippen molar-refractivity contribution in [2.45, 2.75) is 56.9 Å². The average Bonchev–Trinajstić information content (AvgIpc) is 3.01. The minimum absolute atomic E-state index is 0.156. The summed E-state index contributed by atoms with van der Waals surface area (Å²) in [4.78, 5) is 0. The first-order valence-corrected chi connectivity index (χ1v) is 7.84. The van der Waals surface area contributed by atoms with Gasteiger partial charge in [0.2, 0.25) is 0 Å². The molecule has 1 N–H and O–H groups in total. The molecular formula is C17H24O6. The largest absolute Gasteiger partial charge is 0.388 e. The second-order valence-corrected chi connectivity index (χ2v) is 6.34. The highest BCUT2D eigenvalue weighted by Crippen LogP contribution is 2.39. The molecule has 6 nitrogen and oxygen atoms in total. The molecule has 5 atom stereocenters. The maximum absolute atomic E-state index is 10.4. The Kier molecular flexibility index (Phi) is 5.01. The van der Waals surface area contributed by atoms with E-state index in [1.807, 2.05) is 44.2 Å². The van der Waals surface area contributed by atoms with Crippen molar-refractivity contribution in [2.24, 2.45) is 0 Å². The van der Waals surface area contributed by atoms with Crippen molar-refractivity contribution in [2.75, 3.05) is 13.7 Å². The SMILES string of the molecule is CO[C@@H]1O[C@H]([C@H](O)COCc2ccccc2)[C@H]2OC(C)(C)O[C@@H]12. The first kappa shape index (κ1) is 16.8. The van der Waals surface area contributed by atoms with Crippen LogP contribution in [0, 0.1) is 0 Å². The molecule has 2 fully saturated rings. The van der Waals surface area contributed by atoms with E-state index < -0.39 is 24.3 Å². The topological polar surface area (TPSA) is 66.4 Å². The maximum Gasteiger partial charge on any atom is 0.186 e. The van der Waals surface area contributed by atoms with Gasteiger partial charge in [-0.2, -0.15) is 0 Å². The number of methoxy groups -OCH3 is 1. The van der Waals surface area contributed by atoms with E-state index in [1.54, 1.807) is 7.11 Å². The summed E-state index contributed by atoms with van der Waals surface area (Å²) in [6.45, 7) is 4.28. The van der Waals surface area contributed by atoms with E-state index in [-0.39, 0.29) is 18.8 Å². The number of ether oxygens (including phenoxy) is 5. The van der Waals surface area contributed by atoms with Gasteiger partial charge in [0.25, 0.3) is 0 Å². The van der Waals surface area contributed by atoms with E-state index in [9.17, 15) is 5.11 Å². The lowest BCUT2D eigenvalue weighted by Gasteiger charge is -2.26. The third-order valence-corrected chi connectivity index (χ3v) is 4.06. The van der Waals surface area contributed by atoms with Crippen LogP contribution in [0.5, 0.6) is 0 Å². The lowest BCUT2D eigenvalue weighted by Crippen LogP contribution is -2.41. The molecule has 6 heteroatoms. The molecule has 128 valence electrons. The second-order valence-electron chi connectivity index (χ2n) is 6.34. The summed E-state index contributed by atoms with van der Waals surface area (Å²) >= 11 is 0. The first-order valence-electron chi connectivity index (χ1n) is 7.84.